The summed E-state index contributed by atoms with van der Waals surface area (Å²) < 4.78 is 44.9. The summed E-state index contributed by atoms with van der Waals surface area (Å²) in [5, 5.41) is 17.1. The van der Waals surface area contributed by atoms with Crippen LogP contribution in [0.4, 0.5) is 18.9 Å². The van der Waals surface area contributed by atoms with Crippen molar-refractivity contribution in [3.05, 3.63) is 88.7 Å². The number of aromatic amines is 1. The number of ketones is 1. The summed E-state index contributed by atoms with van der Waals surface area (Å²) in [6.45, 7) is 2.53. The fraction of sp³-hybridized carbons (Fsp3) is 0.310. The average molecular weight is 572 g/mol. The summed E-state index contributed by atoms with van der Waals surface area (Å²) in [7, 11) is 0. The quantitative estimate of drug-likeness (QED) is 0.162. The van der Waals surface area contributed by atoms with Crippen LogP contribution in [0.2, 0.25) is 5.02 Å². The van der Waals surface area contributed by atoms with Crippen LogP contribution in [0.1, 0.15) is 54.4 Å². The number of aromatic nitrogens is 4. The average Bonchev–Trinajstić information content (AvgIpc) is 3.47. The molecule has 40 heavy (non-hydrogen) atoms. The zero-order valence-corrected chi connectivity index (χ0v) is 22.6. The van der Waals surface area contributed by atoms with Gasteiger partial charge in [-0.2, -0.15) is 18.4 Å². The van der Waals surface area contributed by atoms with Gasteiger partial charge in [-0.3, -0.25) is 4.79 Å². The number of unbranched alkanes of at least 4 members (excludes halogenated alkanes) is 1. The van der Waals surface area contributed by atoms with E-state index >= 15 is 0 Å². The van der Waals surface area contributed by atoms with Crippen LogP contribution in [0.3, 0.4) is 0 Å². The van der Waals surface area contributed by atoms with Gasteiger partial charge in [0.2, 0.25) is 0 Å². The van der Waals surface area contributed by atoms with E-state index in [2.05, 4.69) is 32.9 Å². The molecule has 0 aliphatic rings. The van der Waals surface area contributed by atoms with Gasteiger partial charge in [-0.15, -0.1) is 10.2 Å². The summed E-state index contributed by atoms with van der Waals surface area (Å²) in [5.41, 5.74) is 1.92. The number of alkyl halides is 3. The lowest BCUT2D eigenvalue weighted by molar-refractivity contribution is -0.137. The lowest BCUT2D eigenvalue weighted by Crippen LogP contribution is -2.27. The Labute approximate surface area is 235 Å². The molecule has 0 unspecified atom stereocenters. The monoisotopic (exact) mass is 571 g/mol. The topological polar surface area (TPSA) is 92.8 Å². The number of nitrogens with one attached hydrogen (secondary N) is 2. The van der Waals surface area contributed by atoms with Crippen LogP contribution in [0.25, 0.3) is 11.1 Å². The minimum absolute atomic E-state index is 0.00301. The van der Waals surface area contributed by atoms with E-state index in [1.165, 1.54) is 6.07 Å². The normalized spacial score (nSPS) is 12.2. The minimum Gasteiger partial charge on any atom is -0.491 e. The molecule has 1 atom stereocenters. The molecule has 0 radical (unpaired) electrons. The van der Waals surface area contributed by atoms with Gasteiger partial charge in [-0.25, -0.2) is 0 Å². The van der Waals surface area contributed by atoms with Crippen LogP contribution in [0, 0.1) is 0 Å². The largest absolute Gasteiger partial charge is 0.491 e. The molecule has 1 heterocycles. The van der Waals surface area contributed by atoms with E-state index in [9.17, 15) is 18.0 Å². The Morgan fingerprint density at radius 1 is 1.07 bits per heavy atom. The van der Waals surface area contributed by atoms with Crippen molar-refractivity contribution < 1.29 is 22.7 Å². The molecular formula is C29H29ClF3N5O2. The summed E-state index contributed by atoms with van der Waals surface area (Å²) in [4.78, 5) is 12.5. The first-order valence-electron chi connectivity index (χ1n) is 12.9. The van der Waals surface area contributed by atoms with E-state index in [1.807, 2.05) is 12.1 Å². The van der Waals surface area contributed by atoms with Gasteiger partial charge in [0.05, 0.1) is 11.6 Å². The number of anilines is 1. The molecule has 0 fully saturated rings. The van der Waals surface area contributed by atoms with Crippen molar-refractivity contribution in [1.29, 1.82) is 0 Å². The van der Waals surface area contributed by atoms with Crippen LogP contribution >= 0.6 is 11.6 Å². The molecule has 0 amide bonds. The molecule has 2 N–H and O–H groups in total. The van der Waals surface area contributed by atoms with Crippen molar-refractivity contribution in [2.75, 3.05) is 11.9 Å². The molecule has 210 valence electrons. The molecule has 4 aromatic rings. The summed E-state index contributed by atoms with van der Waals surface area (Å²) >= 11 is 6.14. The predicted octanol–water partition coefficient (Wildman–Crippen LogP) is 7.40. The highest BCUT2D eigenvalue weighted by molar-refractivity contribution is 6.33. The molecule has 3 aromatic carbocycles. The Bertz CT molecular complexity index is 1380. The fourth-order valence-electron chi connectivity index (χ4n) is 4.15. The summed E-state index contributed by atoms with van der Waals surface area (Å²) in [6, 6.07) is 17.8. The minimum atomic E-state index is -4.45. The molecule has 4 rings (SSSR count). The first kappa shape index (κ1) is 29.1. The Morgan fingerprint density at radius 2 is 1.82 bits per heavy atom. The number of H-pyrrole nitrogens is 1. The molecule has 1 aromatic heterocycles. The molecule has 0 aliphatic heterocycles. The van der Waals surface area contributed by atoms with E-state index in [0.29, 0.717) is 47.7 Å². The van der Waals surface area contributed by atoms with E-state index in [0.717, 1.165) is 37.1 Å². The number of tetrazole rings is 1. The third-order valence-electron chi connectivity index (χ3n) is 6.36. The lowest BCUT2D eigenvalue weighted by atomic mass is 10.0. The van der Waals surface area contributed by atoms with Gasteiger partial charge in [0, 0.05) is 34.7 Å². The molecule has 7 nitrogen and oxygen atoms in total. The van der Waals surface area contributed by atoms with Gasteiger partial charge in [0.25, 0.3) is 0 Å². The van der Waals surface area contributed by atoms with Crippen molar-refractivity contribution in [3.8, 4) is 16.9 Å². The van der Waals surface area contributed by atoms with Crippen LogP contribution in [0.15, 0.2) is 66.7 Å². The van der Waals surface area contributed by atoms with Gasteiger partial charge in [-0.1, -0.05) is 54.8 Å². The zero-order valence-electron chi connectivity index (χ0n) is 21.8. The number of aryl methyl sites for hydroxylation is 1. The van der Waals surface area contributed by atoms with Crippen molar-refractivity contribution in [3.63, 3.8) is 0 Å². The maximum absolute atomic E-state index is 12.9. The van der Waals surface area contributed by atoms with E-state index < -0.39 is 11.7 Å². The number of carbonyl (C=O) groups is 1. The van der Waals surface area contributed by atoms with Crippen molar-refractivity contribution in [2.24, 2.45) is 0 Å². The molecule has 11 heteroatoms. The third kappa shape index (κ3) is 8.05. The van der Waals surface area contributed by atoms with E-state index in [-0.39, 0.29) is 16.8 Å². The summed E-state index contributed by atoms with van der Waals surface area (Å²) in [6.07, 6.45) is -0.791. The van der Waals surface area contributed by atoms with Crippen molar-refractivity contribution >= 4 is 23.1 Å². The highest BCUT2D eigenvalue weighted by Gasteiger charge is 2.31. The number of carbonyl (C=O) groups excluding carboxylic acids is 1. The highest BCUT2D eigenvalue weighted by atomic mass is 35.5. The second kappa shape index (κ2) is 13.4. The second-order valence-electron chi connectivity index (χ2n) is 9.34. The number of ether oxygens (including phenoxy) is 1. The smallest absolute Gasteiger partial charge is 0.416 e. The third-order valence-corrected chi connectivity index (χ3v) is 6.67. The van der Waals surface area contributed by atoms with Crippen LogP contribution < -0.4 is 10.1 Å². The predicted molar refractivity (Wildman–Crippen MR) is 148 cm³/mol. The van der Waals surface area contributed by atoms with E-state index in [4.69, 9.17) is 16.3 Å². The van der Waals surface area contributed by atoms with E-state index in [1.54, 1.807) is 36.4 Å². The Kier molecular flexibility index (Phi) is 9.76. The number of rotatable bonds is 13. The Balaban J connectivity index is 1.34. The van der Waals surface area contributed by atoms with Crippen LogP contribution in [-0.4, -0.2) is 39.1 Å². The highest BCUT2D eigenvalue weighted by Crippen LogP contribution is 2.36. The first-order chi connectivity index (χ1) is 19.2. The maximum Gasteiger partial charge on any atom is 0.416 e. The SMILES string of the molecule is CCCC[C@@H](COc1ccc(-c2ccc(C(F)(F)F)cc2Cl)cc1)Nc1ccc(C(=O)CCc2nn[nH]n2)cc1. The van der Waals surface area contributed by atoms with Gasteiger partial charge in [0.15, 0.2) is 11.6 Å². The second-order valence-corrected chi connectivity index (χ2v) is 9.75. The fourth-order valence-corrected chi connectivity index (χ4v) is 4.44. The van der Waals surface area contributed by atoms with Gasteiger partial charge < -0.3 is 10.1 Å². The number of hydrogen-bond acceptors (Lipinski definition) is 6. The first-order valence-corrected chi connectivity index (χ1v) is 13.3. The van der Waals surface area contributed by atoms with Gasteiger partial charge >= 0.3 is 6.18 Å². The Hall–Kier alpha value is -3.92. The number of benzene rings is 3. The molecule has 0 saturated heterocycles. The Morgan fingerprint density at radius 3 is 2.45 bits per heavy atom. The molecule has 0 saturated carbocycles. The van der Waals surface area contributed by atoms with Crippen molar-refractivity contribution in [2.45, 2.75) is 51.2 Å². The molecule has 0 aliphatic carbocycles. The zero-order chi connectivity index (χ0) is 28.5. The van der Waals surface area contributed by atoms with Crippen molar-refractivity contribution in [1.82, 2.24) is 20.6 Å². The van der Waals surface area contributed by atoms with Crippen LogP contribution in [0.5, 0.6) is 5.75 Å². The number of hydrogen-bond donors (Lipinski definition) is 2. The standard InChI is InChI=1S/C29H29ClF3N5O2/c1-2-3-4-23(34-22-10-5-20(6-11-22)27(39)15-16-28-35-37-38-36-28)18-40-24-12-7-19(8-13-24)25-14-9-21(17-26(25)30)29(31,32)33/h5-14,17,23,34H,2-4,15-16,18H2,1H3,(H,35,36,37,38)/t23-/m0/s1. The molecule has 0 spiro atoms. The summed E-state index contributed by atoms with van der Waals surface area (Å²) in [5.74, 6) is 1.14. The number of Topliss-reactive ketones (excluding diaryl/α,β-unsaturated/α-hetero) is 1. The maximum atomic E-state index is 12.9. The van der Waals surface area contributed by atoms with Crippen LogP contribution in [-0.2, 0) is 12.6 Å². The molecular weight excluding hydrogens is 543 g/mol. The molecule has 0 bridgehead atoms. The van der Waals surface area contributed by atoms with Gasteiger partial charge in [0.1, 0.15) is 12.4 Å². The lowest BCUT2D eigenvalue weighted by Gasteiger charge is -2.21. The number of nitrogens with zero attached hydrogens (tertiary/aromatic N) is 3. The number of halogens is 4. The van der Waals surface area contributed by atoms with Gasteiger partial charge in [-0.05, 0) is 60.5 Å².